The SMILES string of the molecule is O=C(Nc1nc2ccccc2nc1Cl)c1cnc(Cl)cn1. The Kier molecular flexibility index (Phi) is 3.64. The van der Waals surface area contributed by atoms with Gasteiger partial charge in [-0.2, -0.15) is 0 Å². The predicted molar refractivity (Wildman–Crippen MR) is 79.5 cm³/mol. The first-order valence-corrected chi connectivity index (χ1v) is 6.60. The highest BCUT2D eigenvalue weighted by atomic mass is 35.5. The molecule has 8 heteroatoms. The highest BCUT2D eigenvalue weighted by molar-refractivity contribution is 6.32. The summed E-state index contributed by atoms with van der Waals surface area (Å²) < 4.78 is 0. The highest BCUT2D eigenvalue weighted by Gasteiger charge is 2.13. The van der Waals surface area contributed by atoms with Crippen molar-refractivity contribution in [2.45, 2.75) is 0 Å². The summed E-state index contributed by atoms with van der Waals surface area (Å²) in [5, 5.41) is 2.85. The average Bonchev–Trinajstić information content (AvgIpc) is 2.48. The number of para-hydroxylation sites is 2. The van der Waals surface area contributed by atoms with Crippen molar-refractivity contribution in [1.82, 2.24) is 19.9 Å². The summed E-state index contributed by atoms with van der Waals surface area (Å²) in [5.74, 6) is -0.331. The third-order valence-electron chi connectivity index (χ3n) is 2.61. The maximum atomic E-state index is 12.0. The minimum absolute atomic E-state index is 0.101. The lowest BCUT2D eigenvalue weighted by Gasteiger charge is -2.06. The van der Waals surface area contributed by atoms with Crippen molar-refractivity contribution in [1.29, 1.82) is 0 Å². The Balaban J connectivity index is 1.92. The molecule has 0 aliphatic carbocycles. The van der Waals surface area contributed by atoms with Gasteiger partial charge in [-0.1, -0.05) is 35.3 Å². The number of rotatable bonds is 2. The molecule has 0 aliphatic heterocycles. The fraction of sp³-hybridized carbons (Fsp3) is 0. The number of carbonyl (C=O) groups is 1. The van der Waals surface area contributed by atoms with Crippen LogP contribution in [0.4, 0.5) is 5.82 Å². The number of nitrogens with one attached hydrogen (secondary N) is 1. The summed E-state index contributed by atoms with van der Waals surface area (Å²) in [4.78, 5) is 28.1. The van der Waals surface area contributed by atoms with E-state index in [1.165, 1.54) is 12.4 Å². The third kappa shape index (κ3) is 2.91. The molecule has 0 radical (unpaired) electrons. The second-order valence-corrected chi connectivity index (χ2v) is 4.78. The summed E-state index contributed by atoms with van der Waals surface area (Å²) in [6, 6.07) is 7.21. The summed E-state index contributed by atoms with van der Waals surface area (Å²) >= 11 is 11.6. The van der Waals surface area contributed by atoms with Gasteiger partial charge in [0.1, 0.15) is 10.8 Å². The van der Waals surface area contributed by atoms with Gasteiger partial charge >= 0.3 is 0 Å². The summed E-state index contributed by atoms with van der Waals surface area (Å²) in [6.45, 7) is 0. The number of benzene rings is 1. The van der Waals surface area contributed by atoms with Crippen LogP contribution >= 0.6 is 23.2 Å². The van der Waals surface area contributed by atoms with Crippen LogP contribution in [0.25, 0.3) is 11.0 Å². The van der Waals surface area contributed by atoms with Crippen LogP contribution in [0.1, 0.15) is 10.5 Å². The van der Waals surface area contributed by atoms with E-state index >= 15 is 0 Å². The molecular formula is C13H7Cl2N5O. The van der Waals surface area contributed by atoms with Crippen LogP contribution in [-0.2, 0) is 0 Å². The zero-order chi connectivity index (χ0) is 14.8. The smallest absolute Gasteiger partial charge is 0.277 e. The molecular weight excluding hydrogens is 313 g/mol. The fourth-order valence-electron chi connectivity index (χ4n) is 1.66. The number of amides is 1. The van der Waals surface area contributed by atoms with Gasteiger partial charge in [-0.25, -0.2) is 19.9 Å². The topological polar surface area (TPSA) is 80.7 Å². The quantitative estimate of drug-likeness (QED) is 0.785. The Hall–Kier alpha value is -2.31. The maximum Gasteiger partial charge on any atom is 0.277 e. The van der Waals surface area contributed by atoms with Crippen LogP contribution < -0.4 is 5.32 Å². The molecule has 0 saturated carbocycles. The van der Waals surface area contributed by atoms with Gasteiger partial charge in [-0.3, -0.25) is 4.79 Å². The predicted octanol–water partition coefficient (Wildman–Crippen LogP) is 2.98. The van der Waals surface area contributed by atoms with Crippen molar-refractivity contribution >= 4 is 46.0 Å². The second-order valence-electron chi connectivity index (χ2n) is 4.03. The number of halogens is 2. The van der Waals surface area contributed by atoms with E-state index in [9.17, 15) is 4.79 Å². The number of aromatic nitrogens is 4. The van der Waals surface area contributed by atoms with E-state index in [2.05, 4.69) is 25.3 Å². The van der Waals surface area contributed by atoms with Crippen molar-refractivity contribution in [3.63, 3.8) is 0 Å². The molecule has 2 heterocycles. The monoisotopic (exact) mass is 319 g/mol. The molecule has 1 aromatic carbocycles. The highest BCUT2D eigenvalue weighted by Crippen LogP contribution is 2.21. The number of hydrogen-bond donors (Lipinski definition) is 1. The van der Waals surface area contributed by atoms with Gasteiger partial charge in [0, 0.05) is 0 Å². The maximum absolute atomic E-state index is 12.0. The third-order valence-corrected chi connectivity index (χ3v) is 3.07. The molecule has 0 unspecified atom stereocenters. The lowest BCUT2D eigenvalue weighted by molar-refractivity contribution is 0.102. The number of anilines is 1. The molecule has 0 saturated heterocycles. The number of fused-ring (bicyclic) bond motifs is 1. The average molecular weight is 320 g/mol. The number of nitrogens with zero attached hydrogens (tertiary/aromatic N) is 4. The summed E-state index contributed by atoms with van der Waals surface area (Å²) in [5.41, 5.74) is 1.37. The van der Waals surface area contributed by atoms with Crippen molar-refractivity contribution in [2.24, 2.45) is 0 Å². The zero-order valence-corrected chi connectivity index (χ0v) is 11.9. The molecule has 0 spiro atoms. The Morgan fingerprint density at radius 1 is 1.00 bits per heavy atom. The molecule has 2 aromatic heterocycles. The molecule has 0 aliphatic rings. The molecule has 0 bridgehead atoms. The fourth-order valence-corrected chi connectivity index (χ4v) is 1.94. The van der Waals surface area contributed by atoms with E-state index < -0.39 is 5.91 Å². The molecule has 3 aromatic rings. The summed E-state index contributed by atoms with van der Waals surface area (Å²) in [6.07, 6.45) is 2.55. The Morgan fingerprint density at radius 2 is 1.71 bits per heavy atom. The Bertz CT molecular complexity index is 822. The van der Waals surface area contributed by atoms with Gasteiger partial charge < -0.3 is 5.32 Å². The van der Waals surface area contributed by atoms with Gasteiger partial charge in [-0.15, -0.1) is 0 Å². The lowest BCUT2D eigenvalue weighted by atomic mass is 10.3. The molecule has 6 nitrogen and oxygen atoms in total. The lowest BCUT2D eigenvalue weighted by Crippen LogP contribution is -2.15. The van der Waals surface area contributed by atoms with Gasteiger partial charge in [0.25, 0.3) is 5.91 Å². The van der Waals surface area contributed by atoms with E-state index in [4.69, 9.17) is 23.2 Å². The normalized spacial score (nSPS) is 10.6. The van der Waals surface area contributed by atoms with Crippen molar-refractivity contribution in [3.8, 4) is 0 Å². The van der Waals surface area contributed by atoms with Gasteiger partial charge in [-0.05, 0) is 12.1 Å². The van der Waals surface area contributed by atoms with Crippen molar-refractivity contribution in [3.05, 3.63) is 52.7 Å². The zero-order valence-electron chi connectivity index (χ0n) is 10.4. The van der Waals surface area contributed by atoms with E-state index in [1.54, 1.807) is 12.1 Å². The first-order valence-electron chi connectivity index (χ1n) is 5.84. The standard InChI is InChI=1S/C13H7Cl2N5O/c14-10-6-16-9(5-17-10)13(21)20-12-11(15)18-7-3-1-2-4-8(7)19-12/h1-6H,(H,19,20,21). The molecule has 1 amide bonds. The van der Waals surface area contributed by atoms with Crippen LogP contribution in [0, 0.1) is 0 Å². The molecule has 1 N–H and O–H groups in total. The minimum Gasteiger partial charge on any atom is -0.303 e. The Morgan fingerprint density at radius 3 is 2.38 bits per heavy atom. The molecule has 3 rings (SSSR count). The first-order chi connectivity index (χ1) is 10.1. The summed E-state index contributed by atoms with van der Waals surface area (Å²) in [7, 11) is 0. The van der Waals surface area contributed by atoms with Gasteiger partial charge in [0.15, 0.2) is 11.0 Å². The van der Waals surface area contributed by atoms with E-state index in [1.807, 2.05) is 12.1 Å². The van der Waals surface area contributed by atoms with Crippen molar-refractivity contribution in [2.75, 3.05) is 5.32 Å². The van der Waals surface area contributed by atoms with E-state index in [-0.39, 0.29) is 21.8 Å². The van der Waals surface area contributed by atoms with Crippen LogP contribution in [0.15, 0.2) is 36.7 Å². The minimum atomic E-state index is -0.495. The number of carbonyl (C=O) groups excluding carboxylic acids is 1. The second kappa shape index (κ2) is 5.59. The largest absolute Gasteiger partial charge is 0.303 e. The molecule has 0 atom stereocenters. The van der Waals surface area contributed by atoms with Gasteiger partial charge in [0.2, 0.25) is 0 Å². The Labute approximate surface area is 129 Å². The van der Waals surface area contributed by atoms with Crippen molar-refractivity contribution < 1.29 is 4.79 Å². The van der Waals surface area contributed by atoms with Crippen LogP contribution in [-0.4, -0.2) is 25.8 Å². The van der Waals surface area contributed by atoms with Crippen LogP contribution in [0.2, 0.25) is 10.3 Å². The van der Waals surface area contributed by atoms with E-state index in [0.717, 1.165) is 0 Å². The first kappa shape index (κ1) is 13.7. The van der Waals surface area contributed by atoms with Crippen LogP contribution in [0.3, 0.4) is 0 Å². The van der Waals surface area contributed by atoms with E-state index in [0.29, 0.717) is 11.0 Å². The van der Waals surface area contributed by atoms with Gasteiger partial charge in [0.05, 0.1) is 23.4 Å². The molecule has 0 fully saturated rings. The molecule has 104 valence electrons. The van der Waals surface area contributed by atoms with Crippen LogP contribution in [0.5, 0.6) is 0 Å². The number of hydrogen-bond acceptors (Lipinski definition) is 5. The molecule has 21 heavy (non-hydrogen) atoms.